The maximum atomic E-state index is 13.2. The van der Waals surface area contributed by atoms with Crippen LogP contribution in [0.3, 0.4) is 0 Å². The van der Waals surface area contributed by atoms with Crippen LogP contribution in [0, 0.1) is 5.92 Å². The molecule has 24 heavy (non-hydrogen) atoms. The lowest BCUT2D eigenvalue weighted by molar-refractivity contribution is -0.353. The van der Waals surface area contributed by atoms with Gasteiger partial charge in [-0.1, -0.05) is 6.58 Å². The highest BCUT2D eigenvalue weighted by molar-refractivity contribution is 5.87. The molecule has 2 nitrogen and oxygen atoms in total. The summed E-state index contributed by atoms with van der Waals surface area (Å²) in [6.07, 6.45) is -26.1. The topological polar surface area (TPSA) is 26.3 Å². The van der Waals surface area contributed by atoms with E-state index in [0.29, 0.717) is 0 Å². The number of halogens is 11. The van der Waals surface area contributed by atoms with Crippen LogP contribution < -0.4 is 0 Å². The van der Waals surface area contributed by atoms with Crippen LogP contribution in [0.15, 0.2) is 12.2 Å². The lowest BCUT2D eigenvalue weighted by Crippen LogP contribution is -2.52. The van der Waals surface area contributed by atoms with Gasteiger partial charge in [0, 0.05) is 12.0 Å². The number of hydrogen-bond acceptors (Lipinski definition) is 2. The standard InChI is InChI=1S/C11H9F11O2/c1-4(2)7(23)24-11(21,22)8(13,14)6(12)3-5(9(15,16)17)10(18,19)20/h5-6H,1,3H2,2H3. The summed E-state index contributed by atoms with van der Waals surface area (Å²) < 4.78 is 142. The second kappa shape index (κ2) is 6.75. The number of rotatable bonds is 6. The van der Waals surface area contributed by atoms with Crippen molar-refractivity contribution in [3.05, 3.63) is 12.2 Å². The van der Waals surface area contributed by atoms with Crippen LogP contribution in [-0.2, 0) is 9.53 Å². The number of carbonyl (C=O) groups excluding carboxylic acids is 1. The van der Waals surface area contributed by atoms with Gasteiger partial charge in [-0.15, -0.1) is 0 Å². The SMILES string of the molecule is C=C(C)C(=O)OC(F)(F)C(F)(F)C(F)CC(C(F)(F)F)C(F)(F)F. The van der Waals surface area contributed by atoms with E-state index in [4.69, 9.17) is 0 Å². The smallest absolute Gasteiger partial charge is 0.393 e. The number of carbonyl (C=O) groups is 1. The van der Waals surface area contributed by atoms with Crippen LogP contribution in [0.5, 0.6) is 0 Å². The van der Waals surface area contributed by atoms with E-state index in [0.717, 1.165) is 6.92 Å². The first-order valence-corrected chi connectivity index (χ1v) is 5.76. The van der Waals surface area contributed by atoms with E-state index in [1.54, 1.807) is 0 Å². The van der Waals surface area contributed by atoms with Crippen molar-refractivity contribution in [2.45, 2.75) is 43.9 Å². The minimum atomic E-state index is -6.21. The summed E-state index contributed by atoms with van der Waals surface area (Å²) in [4.78, 5) is 10.8. The molecule has 0 radical (unpaired) electrons. The number of alkyl halides is 11. The molecular formula is C11H9F11O2. The molecule has 0 heterocycles. The van der Waals surface area contributed by atoms with Crippen molar-refractivity contribution in [1.82, 2.24) is 0 Å². The predicted molar refractivity (Wildman–Crippen MR) is 55.9 cm³/mol. The zero-order valence-electron chi connectivity index (χ0n) is 11.5. The highest BCUT2D eigenvalue weighted by Gasteiger charge is 2.68. The summed E-state index contributed by atoms with van der Waals surface area (Å²) in [5, 5.41) is 0. The Kier molecular flexibility index (Phi) is 6.31. The molecule has 0 aliphatic heterocycles. The van der Waals surface area contributed by atoms with Gasteiger partial charge in [-0.25, -0.2) is 9.18 Å². The molecule has 1 atom stereocenters. The van der Waals surface area contributed by atoms with Crippen molar-refractivity contribution >= 4 is 5.97 Å². The quantitative estimate of drug-likeness (QED) is 0.375. The molecule has 0 bridgehead atoms. The van der Waals surface area contributed by atoms with Crippen molar-refractivity contribution in [2.75, 3.05) is 0 Å². The monoisotopic (exact) mass is 382 g/mol. The number of esters is 1. The molecule has 0 aromatic carbocycles. The molecule has 0 fully saturated rings. The van der Waals surface area contributed by atoms with Gasteiger partial charge in [-0.3, -0.25) is 0 Å². The molecule has 0 saturated carbocycles. The van der Waals surface area contributed by atoms with Gasteiger partial charge in [-0.2, -0.15) is 43.9 Å². The average molecular weight is 382 g/mol. The van der Waals surface area contributed by atoms with Gasteiger partial charge in [0.15, 0.2) is 12.1 Å². The highest BCUT2D eigenvalue weighted by atomic mass is 19.4. The minimum Gasteiger partial charge on any atom is -0.393 e. The fourth-order valence-electron chi connectivity index (χ4n) is 1.26. The predicted octanol–water partition coefficient (Wildman–Crippen LogP) is 4.80. The first-order chi connectivity index (χ1) is 10.3. The van der Waals surface area contributed by atoms with Crippen LogP contribution in [0.1, 0.15) is 13.3 Å². The molecule has 0 spiro atoms. The second-order valence-corrected chi connectivity index (χ2v) is 4.65. The summed E-state index contributed by atoms with van der Waals surface area (Å²) in [5.74, 6) is -12.9. The molecule has 0 aliphatic rings. The summed E-state index contributed by atoms with van der Waals surface area (Å²) in [6, 6.07) is 0. The van der Waals surface area contributed by atoms with Crippen molar-refractivity contribution in [3.8, 4) is 0 Å². The maximum Gasteiger partial charge on any atom is 0.469 e. The Hall–Kier alpha value is -1.56. The third-order valence-corrected chi connectivity index (χ3v) is 2.58. The van der Waals surface area contributed by atoms with E-state index < -0.39 is 54.4 Å². The van der Waals surface area contributed by atoms with E-state index in [1.807, 2.05) is 0 Å². The van der Waals surface area contributed by atoms with E-state index in [2.05, 4.69) is 11.3 Å². The third kappa shape index (κ3) is 5.23. The van der Waals surface area contributed by atoms with E-state index >= 15 is 0 Å². The fraction of sp³-hybridized carbons (Fsp3) is 0.727. The van der Waals surface area contributed by atoms with Gasteiger partial charge in [0.1, 0.15) is 0 Å². The summed E-state index contributed by atoms with van der Waals surface area (Å²) in [6.45, 7) is 3.46. The number of ether oxygens (including phenoxy) is 1. The van der Waals surface area contributed by atoms with Gasteiger partial charge in [0.05, 0.1) is 0 Å². The normalized spacial score (nSPS) is 15.4. The molecule has 0 saturated heterocycles. The molecule has 0 amide bonds. The van der Waals surface area contributed by atoms with E-state index in [9.17, 15) is 53.1 Å². The van der Waals surface area contributed by atoms with Crippen molar-refractivity contribution in [1.29, 1.82) is 0 Å². The van der Waals surface area contributed by atoms with Gasteiger partial charge < -0.3 is 4.74 Å². The second-order valence-electron chi connectivity index (χ2n) is 4.65. The van der Waals surface area contributed by atoms with Crippen LogP contribution in [0.25, 0.3) is 0 Å². The molecule has 0 aromatic heterocycles. The summed E-state index contributed by atoms with van der Waals surface area (Å²) in [7, 11) is 0. The zero-order valence-corrected chi connectivity index (χ0v) is 11.5. The van der Waals surface area contributed by atoms with Crippen molar-refractivity contribution in [2.24, 2.45) is 5.92 Å². The molecule has 0 N–H and O–H groups in total. The molecule has 0 aliphatic carbocycles. The lowest BCUT2D eigenvalue weighted by atomic mass is 9.97. The Labute approximate surface area is 127 Å². The fourth-order valence-corrected chi connectivity index (χ4v) is 1.26. The van der Waals surface area contributed by atoms with E-state index in [-0.39, 0.29) is 0 Å². The minimum absolute atomic E-state index is 0.729. The van der Waals surface area contributed by atoms with Crippen LogP contribution >= 0.6 is 0 Å². The molecule has 142 valence electrons. The lowest BCUT2D eigenvalue weighted by Gasteiger charge is -2.31. The van der Waals surface area contributed by atoms with Gasteiger partial charge >= 0.3 is 30.4 Å². The van der Waals surface area contributed by atoms with Crippen molar-refractivity contribution in [3.63, 3.8) is 0 Å². The first-order valence-electron chi connectivity index (χ1n) is 5.76. The van der Waals surface area contributed by atoms with Crippen LogP contribution in [0.2, 0.25) is 0 Å². The highest BCUT2D eigenvalue weighted by Crippen LogP contribution is 2.47. The Morgan fingerprint density at radius 2 is 1.33 bits per heavy atom. The van der Waals surface area contributed by atoms with Crippen molar-refractivity contribution < 1.29 is 57.8 Å². The first kappa shape index (κ1) is 22.4. The Bertz CT molecular complexity index is 463. The number of hydrogen-bond donors (Lipinski definition) is 0. The maximum absolute atomic E-state index is 13.2. The van der Waals surface area contributed by atoms with Gasteiger partial charge in [-0.05, 0) is 6.92 Å². The van der Waals surface area contributed by atoms with E-state index in [1.165, 1.54) is 0 Å². The van der Waals surface area contributed by atoms with Crippen LogP contribution in [-0.4, -0.2) is 36.5 Å². The molecule has 13 heteroatoms. The Balaban J connectivity index is 5.47. The molecule has 0 rings (SSSR count). The molecular weight excluding hydrogens is 373 g/mol. The summed E-state index contributed by atoms with van der Waals surface area (Å²) in [5.41, 5.74) is -0.843. The summed E-state index contributed by atoms with van der Waals surface area (Å²) >= 11 is 0. The zero-order chi connectivity index (χ0) is 19.7. The van der Waals surface area contributed by atoms with Gasteiger partial charge in [0.2, 0.25) is 0 Å². The van der Waals surface area contributed by atoms with Gasteiger partial charge in [0.25, 0.3) is 0 Å². The average Bonchev–Trinajstić information content (AvgIpc) is 2.31. The largest absolute Gasteiger partial charge is 0.469 e. The molecule has 0 aromatic rings. The molecule has 1 unspecified atom stereocenters. The Morgan fingerprint density at radius 3 is 1.62 bits per heavy atom. The van der Waals surface area contributed by atoms with Crippen LogP contribution in [0.4, 0.5) is 48.3 Å². The Morgan fingerprint density at radius 1 is 0.958 bits per heavy atom. The third-order valence-electron chi connectivity index (χ3n) is 2.58.